The van der Waals surface area contributed by atoms with Crippen LogP contribution in [0.4, 0.5) is 4.39 Å². The maximum absolute atomic E-state index is 14.2. The van der Waals surface area contributed by atoms with Gasteiger partial charge in [0.1, 0.15) is 5.82 Å². The summed E-state index contributed by atoms with van der Waals surface area (Å²) in [6, 6.07) is 4.19. The zero-order chi connectivity index (χ0) is 27.6. The maximum Gasteiger partial charge on any atom is 0.192 e. The molecule has 9 heteroatoms. The van der Waals surface area contributed by atoms with E-state index < -0.39 is 32.4 Å². The van der Waals surface area contributed by atoms with E-state index in [1.807, 2.05) is 20.8 Å². The highest BCUT2D eigenvalue weighted by molar-refractivity contribution is 7.84. The first kappa shape index (κ1) is 32.9. The van der Waals surface area contributed by atoms with Gasteiger partial charge in [-0.15, -0.1) is 0 Å². The Hall–Kier alpha value is -0.0962. The molecule has 1 rings (SSSR count). The third kappa shape index (κ3) is 9.95. The van der Waals surface area contributed by atoms with Crippen LogP contribution in [0.2, 0.25) is 41.3 Å². The van der Waals surface area contributed by atoms with Crippen molar-refractivity contribution < 1.29 is 17.5 Å². The van der Waals surface area contributed by atoms with Crippen LogP contribution in [0.25, 0.3) is 0 Å². The largest absolute Gasteiger partial charge is 0.414 e. The Morgan fingerprint density at radius 3 is 1.89 bits per heavy atom. The Labute approximate surface area is 223 Å². The van der Waals surface area contributed by atoms with Gasteiger partial charge in [0.05, 0.1) is 34.5 Å². The van der Waals surface area contributed by atoms with Crippen LogP contribution in [0.15, 0.2) is 18.2 Å². The summed E-state index contributed by atoms with van der Waals surface area (Å²) >= 11 is 6.17. The first-order valence-corrected chi connectivity index (χ1v) is 19.8. The van der Waals surface area contributed by atoms with Gasteiger partial charge in [-0.3, -0.25) is 0 Å². The highest BCUT2D eigenvalue weighted by atomic mass is 35.5. The van der Waals surface area contributed by atoms with Gasteiger partial charge in [-0.25, -0.2) is 13.3 Å². The second-order valence-electron chi connectivity index (χ2n) is 13.6. The van der Waals surface area contributed by atoms with Gasteiger partial charge in [0, 0.05) is 5.02 Å². The van der Waals surface area contributed by atoms with E-state index in [1.54, 1.807) is 6.07 Å². The summed E-state index contributed by atoms with van der Waals surface area (Å²) in [6.07, 6.45) is 0.0535. The first-order chi connectivity index (χ1) is 15.5. The Balaban J connectivity index is 3.49. The fourth-order valence-electron chi connectivity index (χ4n) is 2.84. The minimum Gasteiger partial charge on any atom is -0.414 e. The van der Waals surface area contributed by atoms with Crippen LogP contribution in [-0.2, 0) is 26.3 Å². The molecule has 35 heavy (non-hydrogen) atoms. The average molecular weight is 566 g/mol. The van der Waals surface area contributed by atoms with Crippen LogP contribution in [0.3, 0.4) is 0 Å². The molecule has 0 aliphatic rings. The number of halogens is 2. The summed E-state index contributed by atoms with van der Waals surface area (Å²) in [7, 11) is -5.63. The molecule has 0 saturated carbocycles. The molecular formula is C26H49ClFNO3SSi2. The SMILES string of the molecule is CC(C)(C)[S@](=O)N[C@@H](Cc1cc(F)cc(Cl)c1)[C@@H](CO[Si](C)(C)C(C)(C)C)O[Si](C)(C)C(C)(C)C. The van der Waals surface area contributed by atoms with Crippen LogP contribution in [-0.4, -0.2) is 44.3 Å². The molecule has 0 amide bonds. The Bertz CT molecular complexity index is 857. The van der Waals surface area contributed by atoms with Gasteiger partial charge in [-0.05, 0) is 87.2 Å². The highest BCUT2D eigenvalue weighted by Crippen LogP contribution is 2.40. The second kappa shape index (κ2) is 11.7. The molecule has 1 N–H and O–H groups in total. The topological polar surface area (TPSA) is 47.6 Å². The third-order valence-electron chi connectivity index (χ3n) is 7.31. The van der Waals surface area contributed by atoms with Crippen LogP contribution in [0.5, 0.6) is 0 Å². The minimum atomic E-state index is -2.21. The lowest BCUT2D eigenvalue weighted by molar-refractivity contribution is 0.0823. The molecule has 0 saturated heterocycles. The van der Waals surface area contributed by atoms with E-state index >= 15 is 0 Å². The van der Waals surface area contributed by atoms with Crippen LogP contribution < -0.4 is 4.72 Å². The number of hydrogen-bond donors (Lipinski definition) is 1. The van der Waals surface area contributed by atoms with Crippen LogP contribution in [0, 0.1) is 5.82 Å². The van der Waals surface area contributed by atoms with Crippen LogP contribution in [0.1, 0.15) is 67.9 Å². The lowest BCUT2D eigenvalue weighted by Gasteiger charge is -2.44. The second-order valence-corrected chi connectivity index (χ2v) is 25.6. The molecule has 1 aromatic rings. The molecule has 0 spiro atoms. The predicted octanol–water partition coefficient (Wildman–Crippen LogP) is 7.85. The zero-order valence-corrected chi connectivity index (χ0v) is 27.8. The normalized spacial score (nSPS) is 16.8. The Morgan fingerprint density at radius 1 is 0.943 bits per heavy atom. The molecule has 1 aromatic carbocycles. The molecule has 3 atom stereocenters. The van der Waals surface area contributed by atoms with Gasteiger partial charge >= 0.3 is 0 Å². The van der Waals surface area contributed by atoms with E-state index in [4.69, 9.17) is 20.5 Å². The number of benzene rings is 1. The zero-order valence-electron chi connectivity index (χ0n) is 24.2. The van der Waals surface area contributed by atoms with Crippen molar-refractivity contribution in [2.24, 2.45) is 0 Å². The van der Waals surface area contributed by atoms with Gasteiger partial charge in [0.25, 0.3) is 0 Å². The lowest BCUT2D eigenvalue weighted by Crippen LogP contribution is -2.56. The standard InChI is InChI=1S/C26H49ClFNO3SSi2/c1-24(2,3)33(30)29-22(16-19-14-20(27)17-21(28)15-19)23(32-35(12,13)26(7,8)9)18-31-34(10,11)25(4,5)6/h14-15,17,22-23,29H,16,18H2,1-13H3/t22-,23+,33-/m0/s1. The fraction of sp³-hybridized carbons (Fsp3) is 0.769. The van der Waals surface area contributed by atoms with E-state index in [2.05, 4.69) is 72.5 Å². The molecular weight excluding hydrogens is 517 g/mol. The smallest absolute Gasteiger partial charge is 0.192 e. The number of nitrogens with one attached hydrogen (secondary N) is 1. The van der Waals surface area contributed by atoms with Crippen molar-refractivity contribution in [3.05, 3.63) is 34.6 Å². The highest BCUT2D eigenvalue weighted by Gasteiger charge is 2.43. The molecule has 0 aliphatic heterocycles. The van der Waals surface area contributed by atoms with Crippen molar-refractivity contribution in [1.82, 2.24) is 4.72 Å². The molecule has 0 bridgehead atoms. The summed E-state index contributed by atoms with van der Waals surface area (Å²) in [6.45, 7) is 28.3. The molecule has 0 unspecified atom stereocenters. The van der Waals surface area contributed by atoms with Gasteiger partial charge in [-0.1, -0.05) is 53.1 Å². The van der Waals surface area contributed by atoms with Crippen molar-refractivity contribution in [3.63, 3.8) is 0 Å². The van der Waals surface area contributed by atoms with Gasteiger partial charge in [0.15, 0.2) is 16.6 Å². The number of hydrogen-bond acceptors (Lipinski definition) is 3. The quantitative estimate of drug-likeness (QED) is 0.294. The van der Waals surface area contributed by atoms with E-state index in [1.165, 1.54) is 12.1 Å². The van der Waals surface area contributed by atoms with E-state index in [0.29, 0.717) is 18.1 Å². The monoisotopic (exact) mass is 565 g/mol. The third-order valence-corrected chi connectivity index (χ3v) is 18.2. The molecule has 0 fully saturated rings. The summed E-state index contributed by atoms with van der Waals surface area (Å²) in [5.41, 5.74) is 0.731. The van der Waals surface area contributed by atoms with Crippen LogP contribution >= 0.6 is 11.6 Å². The molecule has 0 heterocycles. The summed E-state index contributed by atoms with van der Waals surface area (Å²) in [5.74, 6) is -0.386. The summed E-state index contributed by atoms with van der Waals surface area (Å²) < 4.78 is 43.9. The molecule has 0 aliphatic carbocycles. The van der Waals surface area contributed by atoms with Crippen molar-refractivity contribution in [3.8, 4) is 0 Å². The summed E-state index contributed by atoms with van der Waals surface area (Å²) in [4.78, 5) is 0. The average Bonchev–Trinajstić information content (AvgIpc) is 2.61. The minimum absolute atomic E-state index is 0.0158. The summed E-state index contributed by atoms with van der Waals surface area (Å²) in [5, 5.41) is 0.370. The van der Waals surface area contributed by atoms with E-state index in [-0.39, 0.29) is 28.0 Å². The van der Waals surface area contributed by atoms with E-state index in [0.717, 1.165) is 5.56 Å². The molecule has 204 valence electrons. The van der Waals surface area contributed by atoms with E-state index in [9.17, 15) is 8.60 Å². The molecule has 0 radical (unpaired) electrons. The predicted molar refractivity (Wildman–Crippen MR) is 155 cm³/mol. The Morgan fingerprint density at radius 2 is 1.46 bits per heavy atom. The van der Waals surface area contributed by atoms with Crippen molar-refractivity contribution in [2.75, 3.05) is 6.61 Å². The van der Waals surface area contributed by atoms with Gasteiger partial charge in [0.2, 0.25) is 0 Å². The molecule has 0 aromatic heterocycles. The first-order valence-electron chi connectivity index (χ1n) is 12.4. The lowest BCUT2D eigenvalue weighted by atomic mass is 10.0. The van der Waals surface area contributed by atoms with Crippen molar-refractivity contribution in [2.45, 2.75) is 122 Å². The number of rotatable bonds is 10. The maximum atomic E-state index is 14.2. The van der Waals surface area contributed by atoms with Gasteiger partial charge in [-0.2, -0.15) is 0 Å². The fourth-order valence-corrected chi connectivity index (χ4v) is 6.31. The van der Waals surface area contributed by atoms with Crippen molar-refractivity contribution in [1.29, 1.82) is 0 Å². The molecule has 4 nitrogen and oxygen atoms in total. The van der Waals surface area contributed by atoms with Crippen molar-refractivity contribution >= 4 is 39.2 Å². The van der Waals surface area contributed by atoms with Gasteiger partial charge < -0.3 is 8.85 Å². The Kier molecular flexibility index (Phi) is 11.1.